The van der Waals surface area contributed by atoms with Crippen molar-refractivity contribution in [2.24, 2.45) is 11.1 Å². The predicted molar refractivity (Wildman–Crippen MR) is 100 cm³/mol. The molecule has 0 radical (unpaired) electrons. The molecule has 0 heterocycles. The van der Waals surface area contributed by atoms with Crippen molar-refractivity contribution in [2.75, 3.05) is 32.2 Å². The van der Waals surface area contributed by atoms with Gasteiger partial charge in [-0.05, 0) is 19.1 Å². The first-order valence-corrected chi connectivity index (χ1v) is 8.29. The van der Waals surface area contributed by atoms with Gasteiger partial charge < -0.3 is 25.3 Å². The molecule has 142 valence electrons. The van der Waals surface area contributed by atoms with Gasteiger partial charge in [0.25, 0.3) is 0 Å². The monoisotopic (exact) mass is 372 g/mol. The van der Waals surface area contributed by atoms with E-state index < -0.39 is 11.0 Å². The van der Waals surface area contributed by atoms with E-state index in [1.54, 1.807) is 13.2 Å². The molecule has 1 fully saturated rings. The molecule has 0 saturated heterocycles. The van der Waals surface area contributed by atoms with Crippen LogP contribution < -0.4 is 15.8 Å². The molecule has 7 heteroatoms. The molecule has 2 unspecified atom stereocenters. The van der Waals surface area contributed by atoms with Crippen molar-refractivity contribution < 1.29 is 19.0 Å². The Bertz CT molecular complexity index is 582. The Labute approximate surface area is 155 Å². The van der Waals surface area contributed by atoms with E-state index in [-0.39, 0.29) is 24.4 Å². The van der Waals surface area contributed by atoms with Gasteiger partial charge in [-0.3, -0.25) is 4.79 Å². The quantitative estimate of drug-likeness (QED) is 0.685. The highest BCUT2D eigenvalue weighted by molar-refractivity contribution is 5.99. The summed E-state index contributed by atoms with van der Waals surface area (Å²) in [5.41, 5.74) is 5.69. The van der Waals surface area contributed by atoms with Gasteiger partial charge in [-0.1, -0.05) is 19.9 Å². The highest BCUT2D eigenvalue weighted by atomic mass is 35.5. The zero-order valence-corrected chi connectivity index (χ0v) is 16.2. The van der Waals surface area contributed by atoms with Crippen molar-refractivity contribution in [2.45, 2.75) is 38.8 Å². The van der Waals surface area contributed by atoms with Crippen LogP contribution in [-0.2, 0) is 14.3 Å². The van der Waals surface area contributed by atoms with E-state index >= 15 is 0 Å². The maximum Gasteiger partial charge on any atom is 0.245 e. The third-order valence-electron chi connectivity index (χ3n) is 4.88. The second-order valence-corrected chi connectivity index (χ2v) is 6.66. The van der Waals surface area contributed by atoms with Crippen LogP contribution in [0.1, 0.15) is 27.2 Å². The highest BCUT2D eigenvalue weighted by Crippen LogP contribution is 2.50. The number of benzene rings is 1. The van der Waals surface area contributed by atoms with Gasteiger partial charge >= 0.3 is 0 Å². The van der Waals surface area contributed by atoms with Crippen molar-refractivity contribution in [3.63, 3.8) is 0 Å². The number of rotatable bonds is 8. The first-order valence-electron chi connectivity index (χ1n) is 8.29. The summed E-state index contributed by atoms with van der Waals surface area (Å²) in [6.45, 7) is 7.48. The molecule has 1 saturated carbocycles. The summed E-state index contributed by atoms with van der Waals surface area (Å²) in [5, 5.41) is 2.90. The smallest absolute Gasteiger partial charge is 0.245 e. The first kappa shape index (κ1) is 21.7. The van der Waals surface area contributed by atoms with Crippen LogP contribution in [-0.4, -0.2) is 44.5 Å². The second-order valence-electron chi connectivity index (χ2n) is 6.66. The van der Waals surface area contributed by atoms with Crippen molar-refractivity contribution in [3.8, 4) is 5.75 Å². The third-order valence-corrected chi connectivity index (χ3v) is 4.88. The van der Waals surface area contributed by atoms with Crippen molar-refractivity contribution in [1.82, 2.24) is 0 Å². The van der Waals surface area contributed by atoms with E-state index in [0.717, 1.165) is 0 Å². The van der Waals surface area contributed by atoms with Gasteiger partial charge in [0, 0.05) is 37.3 Å². The van der Waals surface area contributed by atoms with Gasteiger partial charge in [-0.25, -0.2) is 0 Å². The van der Waals surface area contributed by atoms with E-state index in [4.69, 9.17) is 19.9 Å². The molecule has 25 heavy (non-hydrogen) atoms. The van der Waals surface area contributed by atoms with Crippen LogP contribution in [0.3, 0.4) is 0 Å². The fourth-order valence-electron chi connectivity index (χ4n) is 2.97. The second kappa shape index (κ2) is 8.85. The average Bonchev–Trinajstić information content (AvgIpc) is 2.55. The Kier molecular flexibility index (Phi) is 7.68. The summed E-state index contributed by atoms with van der Waals surface area (Å²) in [6, 6.07) is 7.26. The summed E-state index contributed by atoms with van der Waals surface area (Å²) in [7, 11) is 1.62. The molecule has 0 bridgehead atoms. The Morgan fingerprint density at radius 2 is 2.08 bits per heavy atom. The molecule has 1 aromatic carbocycles. The molecule has 0 aliphatic heterocycles. The standard InChI is InChI=1S/C18H28N2O4.ClH/c1-5-23-15-12-18(19,17(15,2)3)16(21)20-13-7-6-8-14(11-13)24-10-9-22-4;/h6-8,11,15H,5,9-10,12,19H2,1-4H3,(H,20,21);1H. The van der Waals surface area contributed by atoms with E-state index in [2.05, 4.69) is 5.32 Å². The number of anilines is 1. The molecule has 1 aliphatic rings. The van der Waals surface area contributed by atoms with Crippen LogP contribution in [0, 0.1) is 5.41 Å². The molecule has 2 rings (SSSR count). The maximum atomic E-state index is 12.7. The lowest BCUT2D eigenvalue weighted by Gasteiger charge is -2.57. The molecule has 1 amide bonds. The number of hydrogen-bond acceptors (Lipinski definition) is 5. The molecule has 6 nitrogen and oxygen atoms in total. The topological polar surface area (TPSA) is 82.8 Å². The Hall–Kier alpha value is -1.34. The van der Waals surface area contributed by atoms with E-state index in [1.807, 2.05) is 39.0 Å². The van der Waals surface area contributed by atoms with Gasteiger partial charge in [0.05, 0.1) is 12.7 Å². The van der Waals surface area contributed by atoms with E-state index in [9.17, 15) is 4.79 Å². The number of ether oxygens (including phenoxy) is 3. The lowest BCUT2D eigenvalue weighted by Crippen LogP contribution is -2.74. The zero-order chi connectivity index (χ0) is 17.8. The van der Waals surface area contributed by atoms with Gasteiger partial charge in [-0.2, -0.15) is 0 Å². The highest BCUT2D eigenvalue weighted by Gasteiger charge is 2.62. The molecular weight excluding hydrogens is 344 g/mol. The number of halogens is 1. The van der Waals surface area contributed by atoms with Crippen LogP contribution in [0.15, 0.2) is 24.3 Å². The Balaban J connectivity index is 0.00000312. The minimum absolute atomic E-state index is 0. The minimum Gasteiger partial charge on any atom is -0.491 e. The minimum atomic E-state index is -0.945. The SMILES string of the molecule is CCOC1CC(N)(C(=O)Nc2cccc(OCCOC)c2)C1(C)C.Cl. The Morgan fingerprint density at radius 1 is 1.36 bits per heavy atom. The molecule has 3 N–H and O–H groups in total. The molecular formula is C18H29ClN2O4. The molecule has 2 atom stereocenters. The fraction of sp³-hybridized carbons (Fsp3) is 0.611. The average molecular weight is 373 g/mol. The normalized spacial score (nSPS) is 24.0. The number of amides is 1. The summed E-state index contributed by atoms with van der Waals surface area (Å²) in [4.78, 5) is 12.7. The summed E-state index contributed by atoms with van der Waals surface area (Å²) in [5.74, 6) is 0.480. The first-order chi connectivity index (χ1) is 11.3. The summed E-state index contributed by atoms with van der Waals surface area (Å²) in [6.07, 6.45) is 0.519. The zero-order valence-electron chi connectivity index (χ0n) is 15.3. The van der Waals surface area contributed by atoms with Crippen molar-refractivity contribution in [1.29, 1.82) is 0 Å². The summed E-state index contributed by atoms with van der Waals surface area (Å²) < 4.78 is 16.2. The number of carbonyl (C=O) groups is 1. The largest absolute Gasteiger partial charge is 0.491 e. The van der Waals surface area contributed by atoms with E-state index in [0.29, 0.717) is 37.7 Å². The number of nitrogens with two attached hydrogens (primary N) is 1. The molecule has 1 aromatic rings. The van der Waals surface area contributed by atoms with Gasteiger partial charge in [0.15, 0.2) is 0 Å². The fourth-order valence-corrected chi connectivity index (χ4v) is 2.97. The number of carbonyl (C=O) groups excluding carboxylic acids is 1. The van der Waals surface area contributed by atoms with Crippen molar-refractivity contribution >= 4 is 24.0 Å². The maximum absolute atomic E-state index is 12.7. The van der Waals surface area contributed by atoms with Gasteiger partial charge in [0.2, 0.25) is 5.91 Å². The Morgan fingerprint density at radius 3 is 2.68 bits per heavy atom. The number of methoxy groups -OCH3 is 1. The summed E-state index contributed by atoms with van der Waals surface area (Å²) >= 11 is 0. The predicted octanol–water partition coefficient (Wildman–Crippen LogP) is 2.60. The molecule has 0 aromatic heterocycles. The van der Waals surface area contributed by atoms with Crippen molar-refractivity contribution in [3.05, 3.63) is 24.3 Å². The lowest BCUT2D eigenvalue weighted by molar-refractivity contribution is -0.166. The van der Waals surface area contributed by atoms with Crippen LogP contribution in [0.5, 0.6) is 5.75 Å². The van der Waals surface area contributed by atoms with Crippen LogP contribution in [0.4, 0.5) is 5.69 Å². The van der Waals surface area contributed by atoms with Gasteiger partial charge in [0.1, 0.15) is 17.9 Å². The van der Waals surface area contributed by atoms with Crippen LogP contribution in [0.25, 0.3) is 0 Å². The number of hydrogen-bond donors (Lipinski definition) is 2. The van der Waals surface area contributed by atoms with E-state index in [1.165, 1.54) is 0 Å². The molecule has 1 aliphatic carbocycles. The van der Waals surface area contributed by atoms with Gasteiger partial charge in [-0.15, -0.1) is 12.4 Å². The number of nitrogens with one attached hydrogen (secondary N) is 1. The van der Waals surface area contributed by atoms with Crippen LogP contribution >= 0.6 is 12.4 Å². The van der Waals surface area contributed by atoms with Crippen LogP contribution in [0.2, 0.25) is 0 Å². The molecule has 0 spiro atoms. The lowest BCUT2D eigenvalue weighted by atomic mass is 9.54. The third kappa shape index (κ3) is 4.44.